The lowest BCUT2D eigenvalue weighted by atomic mass is 10.0. The molecule has 0 saturated carbocycles. The third-order valence-corrected chi connectivity index (χ3v) is 2.04. The maximum Gasteiger partial charge on any atom is 0.416 e. The van der Waals surface area contributed by atoms with E-state index >= 15 is 0 Å². The molecule has 0 heterocycles. The van der Waals surface area contributed by atoms with Gasteiger partial charge in [-0.15, -0.1) is 4.91 Å². The van der Waals surface area contributed by atoms with E-state index in [0.29, 0.717) is 12.4 Å². The predicted octanol–water partition coefficient (Wildman–Crippen LogP) is 3.23. The fourth-order valence-corrected chi connectivity index (χ4v) is 1.32. The number of hydrogen-bond acceptors (Lipinski definition) is 3. The normalized spacial score (nSPS) is 11.2. The molecule has 0 aliphatic rings. The highest BCUT2D eigenvalue weighted by atomic mass is 19.4. The second-order valence-corrected chi connectivity index (χ2v) is 3.14. The molecule has 0 bridgehead atoms. The van der Waals surface area contributed by atoms with Crippen LogP contribution in [0, 0.1) is 4.91 Å². The van der Waals surface area contributed by atoms with Crippen LogP contribution in [-0.2, 0) is 17.4 Å². The number of carbonyl (C=O) groups excluding carboxylic acids is 1. The largest absolute Gasteiger partial charge is 0.416 e. The van der Waals surface area contributed by atoms with Crippen LogP contribution in [-0.4, -0.2) is 6.29 Å². The Morgan fingerprint density at radius 2 is 2.00 bits per heavy atom. The first-order chi connectivity index (χ1) is 7.49. The predicted molar refractivity (Wildman–Crippen MR) is 51.3 cm³/mol. The van der Waals surface area contributed by atoms with E-state index in [1.54, 1.807) is 0 Å². The first-order valence-corrected chi connectivity index (χ1v) is 4.46. The van der Waals surface area contributed by atoms with Gasteiger partial charge in [0.1, 0.15) is 12.0 Å². The number of benzene rings is 1. The molecule has 0 radical (unpaired) electrons. The summed E-state index contributed by atoms with van der Waals surface area (Å²) in [6, 6.07) is 3.05. The summed E-state index contributed by atoms with van der Waals surface area (Å²) >= 11 is 0. The molecule has 86 valence electrons. The summed E-state index contributed by atoms with van der Waals surface area (Å²) in [6.07, 6.45) is -3.99. The molecule has 0 aromatic heterocycles. The van der Waals surface area contributed by atoms with Gasteiger partial charge in [-0.3, -0.25) is 0 Å². The van der Waals surface area contributed by atoms with Gasteiger partial charge in [0.15, 0.2) is 0 Å². The van der Waals surface area contributed by atoms with Gasteiger partial charge in [-0.1, -0.05) is 6.07 Å². The van der Waals surface area contributed by atoms with Gasteiger partial charge < -0.3 is 4.79 Å². The Hall–Kier alpha value is -1.72. The lowest BCUT2D eigenvalue weighted by molar-refractivity contribution is -0.138. The fraction of sp³-hybridized carbons (Fsp3) is 0.300. The van der Waals surface area contributed by atoms with E-state index in [-0.39, 0.29) is 24.1 Å². The third kappa shape index (κ3) is 2.88. The maximum absolute atomic E-state index is 12.6. The van der Waals surface area contributed by atoms with Crippen LogP contribution < -0.4 is 0 Å². The number of halogens is 3. The standard InChI is InChI=1S/C10H8F3NO2/c11-10(12,13)9-6-8(14-16)4-3-7(9)2-1-5-15/h3-6H,1-2H2. The number of carbonyl (C=O) groups is 1. The van der Waals surface area contributed by atoms with Crippen molar-refractivity contribution in [1.82, 2.24) is 0 Å². The summed E-state index contributed by atoms with van der Waals surface area (Å²) in [5.41, 5.74) is -1.19. The second-order valence-electron chi connectivity index (χ2n) is 3.14. The minimum atomic E-state index is -4.54. The van der Waals surface area contributed by atoms with E-state index in [1.807, 2.05) is 0 Å². The van der Waals surface area contributed by atoms with Crippen molar-refractivity contribution >= 4 is 12.0 Å². The van der Waals surface area contributed by atoms with Crippen molar-refractivity contribution in [1.29, 1.82) is 0 Å². The molecule has 0 amide bonds. The summed E-state index contributed by atoms with van der Waals surface area (Å²) in [7, 11) is 0. The molecule has 6 heteroatoms. The fourth-order valence-electron chi connectivity index (χ4n) is 1.32. The van der Waals surface area contributed by atoms with E-state index in [2.05, 4.69) is 5.18 Å². The van der Waals surface area contributed by atoms with Crippen LogP contribution in [0.2, 0.25) is 0 Å². The van der Waals surface area contributed by atoms with Crippen molar-refractivity contribution < 1.29 is 18.0 Å². The topological polar surface area (TPSA) is 46.5 Å². The molecular weight excluding hydrogens is 223 g/mol. The summed E-state index contributed by atoms with van der Waals surface area (Å²) < 4.78 is 37.7. The molecule has 0 unspecified atom stereocenters. The summed E-state index contributed by atoms with van der Waals surface area (Å²) in [6.45, 7) is 0. The zero-order valence-electron chi connectivity index (χ0n) is 8.12. The van der Waals surface area contributed by atoms with Gasteiger partial charge in [-0.2, -0.15) is 13.2 Å². The Bertz CT molecular complexity index is 402. The molecular formula is C10H8F3NO2. The Kier molecular flexibility index (Phi) is 3.76. The zero-order chi connectivity index (χ0) is 12.2. The SMILES string of the molecule is O=CCCc1ccc(N=O)cc1C(F)(F)F. The highest BCUT2D eigenvalue weighted by Crippen LogP contribution is 2.34. The minimum Gasteiger partial charge on any atom is -0.303 e. The Morgan fingerprint density at radius 3 is 2.50 bits per heavy atom. The number of rotatable bonds is 4. The third-order valence-electron chi connectivity index (χ3n) is 2.04. The number of aldehydes is 1. The van der Waals surface area contributed by atoms with Crippen LogP contribution >= 0.6 is 0 Å². The highest BCUT2D eigenvalue weighted by Gasteiger charge is 2.33. The van der Waals surface area contributed by atoms with Gasteiger partial charge in [0.25, 0.3) is 0 Å². The first kappa shape index (κ1) is 12.4. The van der Waals surface area contributed by atoms with E-state index < -0.39 is 11.7 Å². The lowest BCUT2D eigenvalue weighted by Gasteiger charge is -2.11. The van der Waals surface area contributed by atoms with Crippen molar-refractivity contribution in [2.75, 3.05) is 0 Å². The second kappa shape index (κ2) is 4.87. The number of hydrogen-bond donors (Lipinski definition) is 0. The van der Waals surface area contributed by atoms with Gasteiger partial charge in [0.2, 0.25) is 0 Å². The highest BCUT2D eigenvalue weighted by molar-refractivity contribution is 5.52. The van der Waals surface area contributed by atoms with Crippen molar-refractivity contribution in [3.05, 3.63) is 34.2 Å². The van der Waals surface area contributed by atoms with Gasteiger partial charge in [0, 0.05) is 6.42 Å². The molecule has 0 aliphatic heterocycles. The molecule has 0 saturated heterocycles. The number of nitrogens with zero attached hydrogens (tertiary/aromatic N) is 1. The summed E-state index contributed by atoms with van der Waals surface area (Å²) in [5.74, 6) is 0. The van der Waals surface area contributed by atoms with Crippen molar-refractivity contribution in [3.63, 3.8) is 0 Å². The van der Waals surface area contributed by atoms with Crippen molar-refractivity contribution in [2.45, 2.75) is 19.0 Å². The van der Waals surface area contributed by atoms with Crippen LogP contribution in [0.1, 0.15) is 17.5 Å². The van der Waals surface area contributed by atoms with E-state index in [9.17, 15) is 22.9 Å². The molecule has 0 N–H and O–H groups in total. The number of nitroso groups, excluding NO2 is 1. The molecule has 16 heavy (non-hydrogen) atoms. The van der Waals surface area contributed by atoms with Crippen molar-refractivity contribution in [3.8, 4) is 0 Å². The molecule has 0 aliphatic carbocycles. The number of alkyl halides is 3. The molecule has 0 fully saturated rings. The van der Waals surface area contributed by atoms with Crippen LogP contribution in [0.25, 0.3) is 0 Å². The monoisotopic (exact) mass is 231 g/mol. The van der Waals surface area contributed by atoms with Crippen LogP contribution in [0.4, 0.5) is 18.9 Å². The average Bonchev–Trinajstić information content (AvgIpc) is 2.25. The number of aryl methyl sites for hydroxylation is 1. The minimum absolute atomic E-state index is 0.00250. The van der Waals surface area contributed by atoms with Crippen LogP contribution in [0.3, 0.4) is 0 Å². The lowest BCUT2D eigenvalue weighted by Crippen LogP contribution is -2.09. The van der Waals surface area contributed by atoms with E-state index in [0.717, 1.165) is 0 Å². The molecule has 0 spiro atoms. The molecule has 1 aromatic carbocycles. The van der Waals surface area contributed by atoms with Crippen molar-refractivity contribution in [2.24, 2.45) is 5.18 Å². The summed E-state index contributed by atoms with van der Waals surface area (Å²) in [4.78, 5) is 20.2. The van der Waals surface area contributed by atoms with Gasteiger partial charge >= 0.3 is 6.18 Å². The smallest absolute Gasteiger partial charge is 0.303 e. The van der Waals surface area contributed by atoms with Crippen LogP contribution in [0.5, 0.6) is 0 Å². The molecule has 0 atom stereocenters. The maximum atomic E-state index is 12.6. The molecule has 1 aromatic rings. The van der Waals surface area contributed by atoms with E-state index in [4.69, 9.17) is 0 Å². The molecule has 3 nitrogen and oxygen atoms in total. The van der Waals surface area contributed by atoms with Gasteiger partial charge in [-0.05, 0) is 29.3 Å². The average molecular weight is 231 g/mol. The Balaban J connectivity index is 3.16. The summed E-state index contributed by atoms with van der Waals surface area (Å²) in [5, 5.41) is 2.45. The van der Waals surface area contributed by atoms with Gasteiger partial charge in [-0.25, -0.2) is 0 Å². The van der Waals surface area contributed by atoms with E-state index in [1.165, 1.54) is 12.1 Å². The molecule has 1 rings (SSSR count). The quantitative estimate of drug-likeness (QED) is 0.589. The zero-order valence-corrected chi connectivity index (χ0v) is 8.12. The Morgan fingerprint density at radius 1 is 1.31 bits per heavy atom. The van der Waals surface area contributed by atoms with Crippen LogP contribution in [0.15, 0.2) is 23.4 Å². The Labute approximate surface area is 89.2 Å². The first-order valence-electron chi connectivity index (χ1n) is 4.46. The van der Waals surface area contributed by atoms with Gasteiger partial charge in [0.05, 0.1) is 5.56 Å².